The van der Waals surface area contributed by atoms with Crippen LogP contribution in [-0.4, -0.2) is 63.9 Å². The summed E-state index contributed by atoms with van der Waals surface area (Å²) in [6.07, 6.45) is 0.709. The number of nitrogens with zero attached hydrogens (tertiary/aromatic N) is 1. The van der Waals surface area contributed by atoms with Gasteiger partial charge in [-0.2, -0.15) is 0 Å². The van der Waals surface area contributed by atoms with Crippen molar-refractivity contribution in [3.8, 4) is 11.1 Å². The minimum absolute atomic E-state index is 0.0118. The van der Waals surface area contributed by atoms with Crippen LogP contribution in [0.2, 0.25) is 0 Å². The fraction of sp³-hybridized carbons (Fsp3) is 0.423. The molecule has 178 valence electrons. The fourth-order valence-corrected chi connectivity index (χ4v) is 5.75. The predicted molar refractivity (Wildman–Crippen MR) is 123 cm³/mol. The van der Waals surface area contributed by atoms with E-state index in [4.69, 9.17) is 4.74 Å². The highest BCUT2D eigenvalue weighted by atomic mass is 16.5. The van der Waals surface area contributed by atoms with E-state index >= 15 is 0 Å². The molecule has 2 amide bonds. The van der Waals surface area contributed by atoms with E-state index in [2.05, 4.69) is 17.4 Å². The molecule has 0 spiro atoms. The second-order valence-electron chi connectivity index (χ2n) is 9.44. The van der Waals surface area contributed by atoms with Crippen molar-refractivity contribution in [3.63, 3.8) is 0 Å². The number of rotatable bonds is 5. The first-order chi connectivity index (χ1) is 16.4. The minimum atomic E-state index is -1.21. The Kier molecular flexibility index (Phi) is 5.77. The molecule has 2 fully saturated rings. The summed E-state index contributed by atoms with van der Waals surface area (Å²) in [7, 11) is 0. The lowest BCUT2D eigenvalue weighted by Crippen LogP contribution is -2.60. The number of carboxylic acid groups (broad SMARTS) is 1. The van der Waals surface area contributed by atoms with Crippen LogP contribution in [0.5, 0.6) is 0 Å². The molecule has 1 saturated heterocycles. The smallest absolute Gasteiger partial charge is 0.408 e. The molecule has 1 heterocycles. The van der Waals surface area contributed by atoms with Crippen molar-refractivity contribution in [3.05, 3.63) is 59.7 Å². The van der Waals surface area contributed by atoms with Crippen molar-refractivity contribution >= 4 is 18.0 Å². The Morgan fingerprint density at radius 3 is 2.18 bits per heavy atom. The van der Waals surface area contributed by atoms with Gasteiger partial charge >= 0.3 is 12.1 Å². The summed E-state index contributed by atoms with van der Waals surface area (Å²) >= 11 is 0. The Balaban J connectivity index is 1.31. The molecule has 2 aromatic rings. The van der Waals surface area contributed by atoms with Crippen molar-refractivity contribution < 1.29 is 29.3 Å². The molecule has 5 rings (SSSR count). The van der Waals surface area contributed by atoms with Crippen LogP contribution in [-0.2, 0) is 14.3 Å². The minimum Gasteiger partial charge on any atom is -0.480 e. The topological polar surface area (TPSA) is 116 Å². The summed E-state index contributed by atoms with van der Waals surface area (Å²) in [5.41, 5.74) is 3.24. The predicted octanol–water partition coefficient (Wildman–Crippen LogP) is 2.88. The molecule has 1 saturated carbocycles. The molecule has 2 atom stereocenters. The molecular formula is C26H28N2O6. The van der Waals surface area contributed by atoms with E-state index < -0.39 is 35.7 Å². The highest BCUT2D eigenvalue weighted by Crippen LogP contribution is 2.44. The Bertz CT molecular complexity index is 1080. The normalized spacial score (nSPS) is 22.8. The maximum absolute atomic E-state index is 13.4. The van der Waals surface area contributed by atoms with Gasteiger partial charge in [0.15, 0.2) is 0 Å². The molecule has 0 radical (unpaired) electrons. The Labute approximate surface area is 197 Å². The van der Waals surface area contributed by atoms with Crippen LogP contribution in [0, 0.1) is 0 Å². The van der Waals surface area contributed by atoms with Gasteiger partial charge in [-0.25, -0.2) is 9.59 Å². The van der Waals surface area contributed by atoms with Crippen LogP contribution < -0.4 is 5.32 Å². The number of hydrogen-bond donors (Lipinski definition) is 3. The van der Waals surface area contributed by atoms with Crippen molar-refractivity contribution in [2.24, 2.45) is 0 Å². The SMILES string of the molecule is O=C(NC1(C(=O)N2C[C@@H](O)C[C@H]2C(=O)O)CCCC1)OCC1c2ccccc2-c2ccccc21. The van der Waals surface area contributed by atoms with Gasteiger partial charge in [0.2, 0.25) is 5.91 Å². The zero-order valence-corrected chi connectivity index (χ0v) is 18.8. The second-order valence-corrected chi connectivity index (χ2v) is 9.44. The van der Waals surface area contributed by atoms with Gasteiger partial charge in [-0.15, -0.1) is 0 Å². The van der Waals surface area contributed by atoms with Gasteiger partial charge in [-0.1, -0.05) is 61.4 Å². The summed E-state index contributed by atoms with van der Waals surface area (Å²) in [4.78, 5) is 39.2. The van der Waals surface area contributed by atoms with E-state index in [-0.39, 0.29) is 25.5 Å². The number of alkyl carbamates (subject to hydrolysis) is 1. The number of benzene rings is 2. The number of carbonyl (C=O) groups is 3. The molecule has 0 bridgehead atoms. The average molecular weight is 465 g/mol. The molecule has 1 aliphatic heterocycles. The maximum atomic E-state index is 13.4. The number of ether oxygens (including phenoxy) is 1. The number of hydrogen-bond acceptors (Lipinski definition) is 5. The largest absolute Gasteiger partial charge is 0.480 e. The zero-order chi connectivity index (χ0) is 23.9. The molecular weight excluding hydrogens is 436 g/mol. The van der Waals surface area contributed by atoms with E-state index in [0.29, 0.717) is 12.8 Å². The first kappa shape index (κ1) is 22.4. The highest BCUT2D eigenvalue weighted by Gasteiger charge is 2.50. The first-order valence-corrected chi connectivity index (χ1v) is 11.7. The van der Waals surface area contributed by atoms with Crippen LogP contribution in [0.1, 0.15) is 49.1 Å². The number of amides is 2. The average Bonchev–Trinajstić information content (AvgIpc) is 3.54. The van der Waals surface area contributed by atoms with Gasteiger partial charge in [0.25, 0.3) is 0 Å². The molecule has 3 aliphatic rings. The summed E-state index contributed by atoms with van der Waals surface area (Å²) < 4.78 is 5.65. The first-order valence-electron chi connectivity index (χ1n) is 11.7. The number of carbonyl (C=O) groups excluding carboxylic acids is 2. The zero-order valence-electron chi connectivity index (χ0n) is 18.8. The Morgan fingerprint density at radius 1 is 1.00 bits per heavy atom. The van der Waals surface area contributed by atoms with Crippen LogP contribution in [0.25, 0.3) is 11.1 Å². The Morgan fingerprint density at radius 2 is 1.59 bits per heavy atom. The quantitative estimate of drug-likeness (QED) is 0.627. The van der Waals surface area contributed by atoms with E-state index in [0.717, 1.165) is 35.1 Å². The number of fused-ring (bicyclic) bond motifs is 3. The number of aliphatic carboxylic acids is 1. The molecule has 8 heteroatoms. The third kappa shape index (κ3) is 3.81. The molecule has 34 heavy (non-hydrogen) atoms. The van der Waals surface area contributed by atoms with Gasteiger partial charge in [-0.3, -0.25) is 4.79 Å². The number of aliphatic hydroxyl groups is 1. The van der Waals surface area contributed by atoms with Crippen molar-refractivity contribution in [1.82, 2.24) is 10.2 Å². The third-order valence-corrected chi connectivity index (χ3v) is 7.38. The summed E-state index contributed by atoms with van der Waals surface area (Å²) in [5, 5.41) is 22.3. The van der Waals surface area contributed by atoms with Gasteiger partial charge < -0.3 is 25.2 Å². The summed E-state index contributed by atoms with van der Waals surface area (Å²) in [6.45, 7) is 0.0776. The van der Waals surface area contributed by atoms with Crippen LogP contribution >= 0.6 is 0 Å². The van der Waals surface area contributed by atoms with E-state index in [9.17, 15) is 24.6 Å². The molecule has 0 aromatic heterocycles. The fourth-order valence-electron chi connectivity index (χ4n) is 5.75. The highest BCUT2D eigenvalue weighted by molar-refractivity contribution is 5.93. The number of aliphatic hydroxyl groups excluding tert-OH is 1. The molecule has 3 N–H and O–H groups in total. The monoisotopic (exact) mass is 464 g/mol. The van der Waals surface area contributed by atoms with Crippen LogP contribution in [0.15, 0.2) is 48.5 Å². The molecule has 2 aliphatic carbocycles. The number of nitrogens with one attached hydrogen (secondary N) is 1. The van der Waals surface area contributed by atoms with E-state index in [1.807, 2.05) is 36.4 Å². The van der Waals surface area contributed by atoms with Crippen LogP contribution in [0.4, 0.5) is 4.79 Å². The van der Waals surface area contributed by atoms with Crippen molar-refractivity contribution in [2.45, 2.75) is 55.7 Å². The lowest BCUT2D eigenvalue weighted by Gasteiger charge is -2.34. The molecule has 2 aromatic carbocycles. The van der Waals surface area contributed by atoms with Gasteiger partial charge in [0.1, 0.15) is 18.2 Å². The number of β-amino-alcohol motifs (C(OH)–C–C–N with tert-alkyl or cyclic N) is 1. The standard InChI is InChI=1S/C26H28N2O6/c29-16-13-22(23(30)31)28(14-16)24(32)26(11-5-6-12-26)27-25(33)34-15-21-19-9-3-1-7-17(19)18-8-2-4-10-20(18)21/h1-4,7-10,16,21-22,29H,5-6,11-15H2,(H,27,33)(H,30,31)/t16-,22-/m0/s1. The maximum Gasteiger partial charge on any atom is 0.408 e. The number of carboxylic acids is 1. The van der Waals surface area contributed by atoms with Crippen molar-refractivity contribution in [2.75, 3.05) is 13.2 Å². The molecule has 8 nitrogen and oxygen atoms in total. The Hall–Kier alpha value is -3.39. The molecule has 0 unspecified atom stereocenters. The van der Waals surface area contributed by atoms with E-state index in [1.54, 1.807) is 0 Å². The lowest BCUT2D eigenvalue weighted by atomic mass is 9.95. The van der Waals surface area contributed by atoms with Gasteiger partial charge in [0, 0.05) is 18.9 Å². The van der Waals surface area contributed by atoms with Gasteiger partial charge in [0.05, 0.1) is 6.10 Å². The number of likely N-dealkylation sites (tertiary alicyclic amines) is 1. The van der Waals surface area contributed by atoms with E-state index in [1.165, 1.54) is 4.90 Å². The van der Waals surface area contributed by atoms with Gasteiger partial charge in [-0.05, 0) is 35.1 Å². The lowest BCUT2D eigenvalue weighted by molar-refractivity contribution is -0.151. The summed E-state index contributed by atoms with van der Waals surface area (Å²) in [6, 6.07) is 15.0. The summed E-state index contributed by atoms with van der Waals surface area (Å²) in [5.74, 6) is -1.71. The third-order valence-electron chi connectivity index (χ3n) is 7.38. The van der Waals surface area contributed by atoms with Crippen molar-refractivity contribution in [1.29, 1.82) is 0 Å². The van der Waals surface area contributed by atoms with Crippen LogP contribution in [0.3, 0.4) is 0 Å². The second kappa shape index (κ2) is 8.76.